The quantitative estimate of drug-likeness (QED) is 0.867. The van der Waals surface area contributed by atoms with Gasteiger partial charge >= 0.3 is 5.97 Å². The highest BCUT2D eigenvalue weighted by Gasteiger charge is 2.36. The van der Waals surface area contributed by atoms with Gasteiger partial charge in [-0.05, 0) is 42.8 Å². The minimum Gasteiger partial charge on any atom is -0.497 e. The molecule has 0 spiro atoms. The number of carboxylic acids is 1. The number of fused-ring (bicyclic) bond motifs is 1. The second-order valence-corrected chi connectivity index (χ2v) is 5.54. The summed E-state index contributed by atoms with van der Waals surface area (Å²) in [7, 11) is 1.57. The number of para-hydroxylation sites is 2. The molecule has 1 aliphatic rings. The molecule has 1 atom stereocenters. The standard InChI is InChI=1S/C19H17NO5/c1-12(19(22)23)20-15-5-3-4-6-16(15)25-17(18(20)21)11-13-7-9-14(24-2)10-8-13/h3-12H,1-2H3,(H,22,23)/b17-11+. The first-order chi connectivity index (χ1) is 12.0. The highest BCUT2D eigenvalue weighted by atomic mass is 16.5. The van der Waals surface area contributed by atoms with Gasteiger partial charge in [0.25, 0.3) is 5.91 Å². The second kappa shape index (κ2) is 6.68. The molecule has 0 bridgehead atoms. The van der Waals surface area contributed by atoms with Gasteiger partial charge in [-0.15, -0.1) is 0 Å². The van der Waals surface area contributed by atoms with Crippen molar-refractivity contribution >= 4 is 23.6 Å². The molecule has 128 valence electrons. The van der Waals surface area contributed by atoms with E-state index in [1.807, 2.05) is 0 Å². The Balaban J connectivity index is 2.03. The SMILES string of the molecule is COc1ccc(/C=C2/Oc3ccccc3N(C(C)C(=O)O)C2=O)cc1. The molecule has 6 heteroatoms. The maximum Gasteiger partial charge on any atom is 0.326 e. The first-order valence-electron chi connectivity index (χ1n) is 7.70. The van der Waals surface area contributed by atoms with Crippen molar-refractivity contribution in [1.82, 2.24) is 0 Å². The average molecular weight is 339 g/mol. The Morgan fingerprint density at radius 2 is 1.88 bits per heavy atom. The Kier molecular flexibility index (Phi) is 4.43. The van der Waals surface area contributed by atoms with Crippen LogP contribution < -0.4 is 14.4 Å². The van der Waals surface area contributed by atoms with Gasteiger partial charge < -0.3 is 14.6 Å². The normalized spacial score (nSPS) is 16.2. The summed E-state index contributed by atoms with van der Waals surface area (Å²) < 4.78 is 10.8. The van der Waals surface area contributed by atoms with Crippen LogP contribution in [-0.4, -0.2) is 30.1 Å². The molecule has 6 nitrogen and oxygen atoms in total. The third-order valence-corrected chi connectivity index (χ3v) is 3.93. The molecule has 0 fully saturated rings. The summed E-state index contributed by atoms with van der Waals surface area (Å²) in [5.74, 6) is -0.380. The van der Waals surface area contributed by atoms with Crippen LogP contribution in [0.4, 0.5) is 5.69 Å². The third kappa shape index (κ3) is 3.19. The van der Waals surface area contributed by atoms with Crippen LogP contribution >= 0.6 is 0 Å². The van der Waals surface area contributed by atoms with Crippen molar-refractivity contribution in [2.45, 2.75) is 13.0 Å². The lowest BCUT2D eigenvalue weighted by Gasteiger charge is -2.32. The van der Waals surface area contributed by atoms with E-state index in [4.69, 9.17) is 9.47 Å². The van der Waals surface area contributed by atoms with Crippen molar-refractivity contribution in [3.63, 3.8) is 0 Å². The average Bonchev–Trinajstić information content (AvgIpc) is 2.62. The van der Waals surface area contributed by atoms with E-state index in [2.05, 4.69) is 0 Å². The predicted molar refractivity (Wildman–Crippen MR) is 92.6 cm³/mol. The number of hydrogen-bond donors (Lipinski definition) is 1. The zero-order chi connectivity index (χ0) is 18.0. The molecule has 2 aromatic rings. The molecule has 2 aromatic carbocycles. The van der Waals surface area contributed by atoms with Crippen molar-refractivity contribution in [1.29, 1.82) is 0 Å². The van der Waals surface area contributed by atoms with E-state index in [1.54, 1.807) is 61.7 Å². The van der Waals surface area contributed by atoms with E-state index < -0.39 is 17.9 Å². The van der Waals surface area contributed by atoms with Crippen molar-refractivity contribution in [3.8, 4) is 11.5 Å². The van der Waals surface area contributed by atoms with E-state index in [9.17, 15) is 14.7 Å². The molecule has 0 aromatic heterocycles. The van der Waals surface area contributed by atoms with Crippen LogP contribution in [0.25, 0.3) is 6.08 Å². The first kappa shape index (κ1) is 16.6. The van der Waals surface area contributed by atoms with Gasteiger partial charge in [0.05, 0.1) is 12.8 Å². The van der Waals surface area contributed by atoms with Crippen LogP contribution in [0, 0.1) is 0 Å². The fourth-order valence-corrected chi connectivity index (χ4v) is 2.57. The van der Waals surface area contributed by atoms with Crippen LogP contribution in [0.5, 0.6) is 11.5 Å². The van der Waals surface area contributed by atoms with Crippen LogP contribution in [-0.2, 0) is 9.59 Å². The van der Waals surface area contributed by atoms with Crippen molar-refractivity contribution in [2.75, 3.05) is 12.0 Å². The molecule has 0 saturated carbocycles. The van der Waals surface area contributed by atoms with Gasteiger partial charge in [0, 0.05) is 0 Å². The number of benzene rings is 2. The number of rotatable bonds is 4. The van der Waals surface area contributed by atoms with Crippen LogP contribution in [0.1, 0.15) is 12.5 Å². The first-order valence-corrected chi connectivity index (χ1v) is 7.70. The van der Waals surface area contributed by atoms with Crippen LogP contribution in [0.2, 0.25) is 0 Å². The van der Waals surface area contributed by atoms with Crippen molar-refractivity contribution in [3.05, 3.63) is 59.9 Å². The zero-order valence-corrected chi connectivity index (χ0v) is 13.8. The minimum absolute atomic E-state index is 0.0666. The van der Waals surface area contributed by atoms with Gasteiger partial charge in [0.1, 0.15) is 11.8 Å². The molecule has 1 N–H and O–H groups in total. The molecule has 1 aliphatic heterocycles. The van der Waals surface area contributed by atoms with Crippen molar-refractivity contribution < 1.29 is 24.2 Å². The molecule has 25 heavy (non-hydrogen) atoms. The summed E-state index contributed by atoms with van der Waals surface area (Å²) in [6, 6.07) is 13.0. The molecule has 0 saturated heterocycles. The largest absolute Gasteiger partial charge is 0.497 e. The third-order valence-electron chi connectivity index (χ3n) is 3.93. The van der Waals surface area contributed by atoms with Crippen molar-refractivity contribution in [2.24, 2.45) is 0 Å². The molecule has 0 radical (unpaired) electrons. The number of nitrogens with zero attached hydrogens (tertiary/aromatic N) is 1. The lowest BCUT2D eigenvalue weighted by molar-refractivity contribution is -0.139. The second-order valence-electron chi connectivity index (χ2n) is 5.54. The van der Waals surface area contributed by atoms with E-state index in [-0.39, 0.29) is 5.76 Å². The van der Waals surface area contributed by atoms with Crippen LogP contribution in [0.15, 0.2) is 54.3 Å². The van der Waals surface area contributed by atoms with Crippen LogP contribution in [0.3, 0.4) is 0 Å². The molecule has 3 rings (SSSR count). The Morgan fingerprint density at radius 3 is 2.52 bits per heavy atom. The summed E-state index contributed by atoms with van der Waals surface area (Å²) in [6.45, 7) is 1.47. The fourth-order valence-electron chi connectivity index (χ4n) is 2.57. The number of aliphatic carboxylic acids is 1. The number of ether oxygens (including phenoxy) is 2. The molecule has 0 aliphatic carbocycles. The van der Waals surface area contributed by atoms with Gasteiger partial charge in [0.2, 0.25) is 0 Å². The van der Waals surface area contributed by atoms with E-state index >= 15 is 0 Å². The number of hydrogen-bond acceptors (Lipinski definition) is 4. The summed E-state index contributed by atoms with van der Waals surface area (Å²) in [4.78, 5) is 25.5. The van der Waals surface area contributed by atoms with Gasteiger partial charge in [-0.25, -0.2) is 4.79 Å². The molecular weight excluding hydrogens is 322 g/mol. The smallest absolute Gasteiger partial charge is 0.326 e. The number of methoxy groups -OCH3 is 1. The summed E-state index contributed by atoms with van der Waals surface area (Å²) >= 11 is 0. The summed E-state index contributed by atoms with van der Waals surface area (Å²) in [5.41, 5.74) is 1.18. The predicted octanol–water partition coefficient (Wildman–Crippen LogP) is 2.93. The number of carbonyl (C=O) groups is 2. The fraction of sp³-hybridized carbons (Fsp3) is 0.158. The minimum atomic E-state index is -1.09. The van der Waals surface area contributed by atoms with Gasteiger partial charge in [-0.2, -0.15) is 0 Å². The molecular formula is C19H17NO5. The van der Waals surface area contributed by atoms with Gasteiger partial charge in [-0.1, -0.05) is 24.3 Å². The maximum atomic E-state index is 12.8. The Hall–Kier alpha value is -3.28. The Labute approximate surface area is 144 Å². The lowest BCUT2D eigenvalue weighted by Crippen LogP contribution is -2.47. The molecule has 1 amide bonds. The summed E-state index contributed by atoms with van der Waals surface area (Å²) in [6.07, 6.45) is 1.58. The van der Waals surface area contributed by atoms with E-state index in [0.717, 1.165) is 5.56 Å². The zero-order valence-electron chi connectivity index (χ0n) is 13.8. The monoisotopic (exact) mass is 339 g/mol. The number of amides is 1. The van der Waals surface area contributed by atoms with Gasteiger partial charge in [0.15, 0.2) is 11.5 Å². The van der Waals surface area contributed by atoms with Gasteiger partial charge in [-0.3, -0.25) is 9.69 Å². The number of carbonyl (C=O) groups excluding carboxylic acids is 1. The molecule has 1 unspecified atom stereocenters. The number of carboxylic acid groups (broad SMARTS) is 1. The van der Waals surface area contributed by atoms with E-state index in [0.29, 0.717) is 17.2 Å². The Morgan fingerprint density at radius 1 is 1.20 bits per heavy atom. The topological polar surface area (TPSA) is 76.1 Å². The molecule has 1 heterocycles. The Bertz CT molecular complexity index is 841. The highest BCUT2D eigenvalue weighted by Crippen LogP contribution is 2.36. The maximum absolute atomic E-state index is 12.8. The lowest BCUT2D eigenvalue weighted by atomic mass is 10.1. The highest BCUT2D eigenvalue weighted by molar-refractivity contribution is 6.12. The van der Waals surface area contributed by atoms with E-state index in [1.165, 1.54) is 11.8 Å². The summed E-state index contributed by atoms with van der Waals surface area (Å²) in [5, 5.41) is 9.34. The number of anilines is 1.